The first kappa shape index (κ1) is 45.9. The van der Waals surface area contributed by atoms with Gasteiger partial charge in [0.05, 0.1) is 24.6 Å². The van der Waals surface area contributed by atoms with Gasteiger partial charge in [0.25, 0.3) is 0 Å². The number of amides is 4. The van der Waals surface area contributed by atoms with E-state index < -0.39 is 109 Å². The summed E-state index contributed by atoms with van der Waals surface area (Å²) in [7, 11) is 0. The standard InChI is InChI=1S/C31H54N10O10/c1-16(27(48)41-22(15-42)24(45)13-17(2)29(50)51)12-23(44)21(7-5-11-38-31(35)36)40-28(49)19(8-9-26(32)47)14-25(46)20(39-18(3)43)6-4-10-37-30(33)34/h16-17,19-22,42H,4-15H2,1-3H3,(H2,32,47)(H,39,43)(H,40,49)(H,41,48)(H,50,51)(H4,33,34,37)(H4,35,36,38)/t16-,17-,19-,20+,21+,22+/m1/s1. The number of nitrogens with one attached hydrogen (secondary N) is 3. The van der Waals surface area contributed by atoms with Crippen LogP contribution in [0.2, 0.25) is 0 Å². The number of aliphatic hydroxyl groups excluding tert-OH is 1. The molecule has 0 spiro atoms. The Morgan fingerprint density at radius 3 is 1.53 bits per heavy atom. The summed E-state index contributed by atoms with van der Waals surface area (Å²) < 4.78 is 0. The Kier molecular flexibility index (Phi) is 21.7. The van der Waals surface area contributed by atoms with Gasteiger partial charge in [-0.3, -0.25) is 48.3 Å². The smallest absolute Gasteiger partial charge is 0.306 e. The molecule has 6 atom stereocenters. The van der Waals surface area contributed by atoms with Crippen LogP contribution in [0.3, 0.4) is 0 Å². The van der Waals surface area contributed by atoms with Crippen molar-refractivity contribution in [3.05, 3.63) is 0 Å². The second-order valence-corrected chi connectivity index (χ2v) is 12.3. The van der Waals surface area contributed by atoms with Crippen LogP contribution in [0.4, 0.5) is 0 Å². The van der Waals surface area contributed by atoms with Gasteiger partial charge in [0.15, 0.2) is 29.3 Å². The third-order valence-electron chi connectivity index (χ3n) is 7.69. The van der Waals surface area contributed by atoms with Crippen molar-refractivity contribution in [2.75, 3.05) is 19.7 Å². The first-order chi connectivity index (χ1) is 23.8. The number of guanidine groups is 2. The predicted octanol–water partition coefficient (Wildman–Crippen LogP) is -3.32. The third kappa shape index (κ3) is 20.2. The van der Waals surface area contributed by atoms with Gasteiger partial charge in [-0.15, -0.1) is 0 Å². The van der Waals surface area contributed by atoms with Gasteiger partial charge < -0.3 is 54.8 Å². The van der Waals surface area contributed by atoms with Crippen molar-refractivity contribution in [2.45, 2.75) is 96.7 Å². The predicted molar refractivity (Wildman–Crippen MR) is 185 cm³/mol. The zero-order chi connectivity index (χ0) is 39.3. The Morgan fingerprint density at radius 1 is 0.627 bits per heavy atom. The highest BCUT2D eigenvalue weighted by atomic mass is 16.4. The molecule has 0 aromatic heterocycles. The second-order valence-electron chi connectivity index (χ2n) is 12.3. The van der Waals surface area contributed by atoms with Crippen LogP contribution in [0.25, 0.3) is 0 Å². The third-order valence-corrected chi connectivity index (χ3v) is 7.69. The molecule has 0 saturated carbocycles. The average molecular weight is 727 g/mol. The van der Waals surface area contributed by atoms with E-state index in [1.165, 1.54) is 20.8 Å². The van der Waals surface area contributed by atoms with Gasteiger partial charge in [-0.05, 0) is 32.1 Å². The van der Waals surface area contributed by atoms with Crippen LogP contribution < -0.4 is 44.6 Å². The molecule has 0 saturated heterocycles. The van der Waals surface area contributed by atoms with Crippen molar-refractivity contribution in [1.82, 2.24) is 16.0 Å². The van der Waals surface area contributed by atoms with Gasteiger partial charge in [-0.25, -0.2) is 0 Å². The number of nitrogens with zero attached hydrogens (tertiary/aromatic N) is 2. The van der Waals surface area contributed by atoms with Crippen molar-refractivity contribution in [1.29, 1.82) is 0 Å². The summed E-state index contributed by atoms with van der Waals surface area (Å²) in [6.07, 6.45) is -1.03. The summed E-state index contributed by atoms with van der Waals surface area (Å²) >= 11 is 0. The quantitative estimate of drug-likeness (QED) is 0.0225. The molecule has 0 heterocycles. The molecular formula is C31H54N10O10. The van der Waals surface area contributed by atoms with Crippen molar-refractivity contribution in [3.8, 4) is 0 Å². The van der Waals surface area contributed by atoms with E-state index in [1.807, 2.05) is 0 Å². The Bertz CT molecular complexity index is 1300. The van der Waals surface area contributed by atoms with E-state index in [-0.39, 0.29) is 57.1 Å². The van der Waals surface area contributed by atoms with Gasteiger partial charge in [0.2, 0.25) is 23.6 Å². The lowest BCUT2D eigenvalue weighted by molar-refractivity contribution is -0.143. The molecule has 0 aliphatic carbocycles. The summed E-state index contributed by atoms with van der Waals surface area (Å²) in [5, 5.41) is 26.2. The first-order valence-electron chi connectivity index (χ1n) is 16.5. The molecule has 0 bridgehead atoms. The molecule has 0 unspecified atom stereocenters. The number of carbonyl (C=O) groups excluding carboxylic acids is 7. The number of hydrogen-bond acceptors (Lipinski definition) is 11. The largest absolute Gasteiger partial charge is 0.481 e. The van der Waals surface area contributed by atoms with E-state index in [4.69, 9.17) is 33.8 Å². The summed E-state index contributed by atoms with van der Waals surface area (Å²) in [5.41, 5.74) is 26.7. The number of carboxylic acids is 1. The van der Waals surface area contributed by atoms with E-state index in [2.05, 4.69) is 25.9 Å². The highest BCUT2D eigenvalue weighted by Gasteiger charge is 2.32. The van der Waals surface area contributed by atoms with Crippen LogP contribution in [-0.2, 0) is 38.4 Å². The molecule has 0 aromatic carbocycles. The highest BCUT2D eigenvalue weighted by molar-refractivity contribution is 5.96. The lowest BCUT2D eigenvalue weighted by Crippen LogP contribution is -2.48. The fourth-order valence-corrected chi connectivity index (χ4v) is 4.81. The first-order valence-corrected chi connectivity index (χ1v) is 16.5. The van der Waals surface area contributed by atoms with Crippen LogP contribution >= 0.6 is 0 Å². The normalized spacial score (nSPS) is 14.3. The number of ketones is 3. The van der Waals surface area contributed by atoms with E-state index in [1.54, 1.807) is 0 Å². The average Bonchev–Trinajstić information content (AvgIpc) is 3.03. The van der Waals surface area contributed by atoms with E-state index >= 15 is 0 Å². The molecule has 4 amide bonds. The molecule has 288 valence electrons. The molecule has 0 aliphatic heterocycles. The van der Waals surface area contributed by atoms with E-state index in [0.717, 1.165) is 0 Å². The van der Waals surface area contributed by atoms with Crippen LogP contribution in [-0.4, -0.2) is 107 Å². The Morgan fingerprint density at radius 2 is 1.08 bits per heavy atom. The number of nitrogens with two attached hydrogens (primary N) is 5. The van der Waals surface area contributed by atoms with Crippen LogP contribution in [0, 0.1) is 17.8 Å². The maximum absolute atomic E-state index is 13.6. The molecule has 20 nitrogen and oxygen atoms in total. The summed E-state index contributed by atoms with van der Waals surface area (Å²) in [6, 6.07) is -3.60. The number of carboxylic acid groups (broad SMARTS) is 1. The molecule has 51 heavy (non-hydrogen) atoms. The lowest BCUT2D eigenvalue weighted by Gasteiger charge is -2.24. The van der Waals surface area contributed by atoms with Gasteiger partial charge in [0, 0.05) is 57.5 Å². The summed E-state index contributed by atoms with van der Waals surface area (Å²) in [6.45, 7) is 3.37. The van der Waals surface area contributed by atoms with Crippen molar-refractivity contribution in [2.24, 2.45) is 56.4 Å². The van der Waals surface area contributed by atoms with Crippen LogP contribution in [0.15, 0.2) is 9.98 Å². The molecule has 20 heteroatoms. The zero-order valence-corrected chi connectivity index (χ0v) is 29.4. The lowest BCUT2D eigenvalue weighted by atomic mass is 9.90. The molecule has 0 aliphatic rings. The Hall–Kier alpha value is -5.14. The zero-order valence-electron chi connectivity index (χ0n) is 29.4. The molecule has 0 radical (unpaired) electrons. The topological polar surface area (TPSA) is 368 Å². The molecule has 15 N–H and O–H groups in total. The number of Topliss-reactive ketones (excluding diaryl/α,β-unsaturated/α-hetero) is 3. The molecular weight excluding hydrogens is 672 g/mol. The molecule has 0 aromatic rings. The number of rotatable bonds is 27. The minimum absolute atomic E-state index is 0.0102. The Balaban J connectivity index is 6.01. The van der Waals surface area contributed by atoms with Crippen molar-refractivity contribution in [3.63, 3.8) is 0 Å². The second kappa shape index (κ2) is 24.1. The van der Waals surface area contributed by atoms with Crippen LogP contribution in [0.1, 0.15) is 78.6 Å². The monoisotopic (exact) mass is 726 g/mol. The maximum atomic E-state index is 13.6. The molecule has 0 fully saturated rings. The van der Waals surface area contributed by atoms with Gasteiger partial charge >= 0.3 is 5.97 Å². The number of aliphatic carboxylic acids is 1. The maximum Gasteiger partial charge on any atom is 0.306 e. The number of hydrogen-bond donors (Lipinski definition) is 10. The van der Waals surface area contributed by atoms with Crippen molar-refractivity contribution >= 4 is 58.9 Å². The van der Waals surface area contributed by atoms with Gasteiger partial charge in [-0.1, -0.05) is 13.8 Å². The summed E-state index contributed by atoms with van der Waals surface area (Å²) in [4.78, 5) is 108. The highest BCUT2D eigenvalue weighted by Crippen LogP contribution is 2.18. The van der Waals surface area contributed by atoms with Gasteiger partial charge in [0.1, 0.15) is 6.04 Å². The fourth-order valence-electron chi connectivity index (χ4n) is 4.81. The van der Waals surface area contributed by atoms with Gasteiger partial charge in [-0.2, -0.15) is 0 Å². The van der Waals surface area contributed by atoms with E-state index in [0.29, 0.717) is 6.42 Å². The van der Waals surface area contributed by atoms with Crippen LogP contribution in [0.5, 0.6) is 0 Å². The Labute approximate surface area is 296 Å². The SMILES string of the molecule is CC(=O)N[C@@H](CCCN=C(N)N)C(=O)C[C@@H](CCC(N)=O)C(=O)N[C@@H](CCCN=C(N)N)C(=O)C[C@@H](C)C(=O)N[C@@H](CO)C(=O)C[C@@H](C)C(=O)O. The number of aliphatic imine (C=N–C) groups is 2. The summed E-state index contributed by atoms with van der Waals surface area (Å²) in [5.74, 6) is -9.44. The number of primary amides is 1. The van der Waals surface area contributed by atoms with Crippen molar-refractivity contribution < 1.29 is 48.6 Å². The number of carbonyl (C=O) groups is 8. The van der Waals surface area contributed by atoms with E-state index in [9.17, 15) is 43.5 Å². The fraction of sp³-hybridized carbons (Fsp3) is 0.677. The minimum Gasteiger partial charge on any atom is -0.481 e. The number of aliphatic hydroxyl groups is 1. The minimum atomic E-state index is -1.40. The molecule has 0 rings (SSSR count).